The predicted octanol–water partition coefficient (Wildman–Crippen LogP) is 1.82. The van der Waals surface area contributed by atoms with E-state index in [1.165, 1.54) is 18.6 Å². The van der Waals surface area contributed by atoms with Gasteiger partial charge in [0.25, 0.3) is 0 Å². The Hall–Kier alpha value is -1.65. The number of amides is 1. The number of anilines is 1. The molecule has 0 saturated carbocycles. The van der Waals surface area contributed by atoms with Gasteiger partial charge >= 0.3 is 6.09 Å². The van der Waals surface area contributed by atoms with Crippen molar-refractivity contribution in [2.45, 2.75) is 26.4 Å². The second-order valence-corrected chi connectivity index (χ2v) is 3.72. The number of carbonyl (C=O) groups excluding carboxylic acids is 1. The molecule has 1 rings (SSSR count). The molecule has 1 aromatic heterocycles. The average molecular weight is 195 g/mol. The van der Waals surface area contributed by atoms with Crippen molar-refractivity contribution in [3.8, 4) is 0 Å². The third-order valence-corrected chi connectivity index (χ3v) is 1.19. The summed E-state index contributed by atoms with van der Waals surface area (Å²) < 4.78 is 5.02. The van der Waals surface area contributed by atoms with E-state index in [1.807, 2.05) is 0 Å². The van der Waals surface area contributed by atoms with E-state index in [9.17, 15) is 4.79 Å². The van der Waals surface area contributed by atoms with Crippen molar-refractivity contribution >= 4 is 11.9 Å². The van der Waals surface area contributed by atoms with Crippen LogP contribution in [0.4, 0.5) is 10.6 Å². The number of carbonyl (C=O) groups is 1. The maximum absolute atomic E-state index is 11.2. The summed E-state index contributed by atoms with van der Waals surface area (Å²) in [4.78, 5) is 18.9. The lowest BCUT2D eigenvalue weighted by Crippen LogP contribution is -2.27. The Morgan fingerprint density at radius 1 is 1.43 bits per heavy atom. The Morgan fingerprint density at radius 2 is 2.14 bits per heavy atom. The fraction of sp³-hybridized carbons (Fsp3) is 0.444. The van der Waals surface area contributed by atoms with E-state index in [0.717, 1.165) is 0 Å². The maximum Gasteiger partial charge on any atom is 0.413 e. The van der Waals surface area contributed by atoms with Crippen molar-refractivity contribution in [1.82, 2.24) is 9.97 Å². The van der Waals surface area contributed by atoms with Crippen LogP contribution in [0.3, 0.4) is 0 Å². The molecule has 5 nitrogen and oxygen atoms in total. The van der Waals surface area contributed by atoms with Gasteiger partial charge in [0.1, 0.15) is 5.60 Å². The zero-order valence-corrected chi connectivity index (χ0v) is 8.44. The van der Waals surface area contributed by atoms with Gasteiger partial charge < -0.3 is 4.74 Å². The molecule has 0 aliphatic heterocycles. The standard InChI is InChI=1S/C9H13N3O2/c1-9(2,3)14-8(13)12-7-6-10-4-5-11-7/h4-6H,1-3H3,(H,11,12,13). The normalized spacial score (nSPS) is 10.8. The lowest BCUT2D eigenvalue weighted by molar-refractivity contribution is 0.0635. The molecular weight excluding hydrogens is 182 g/mol. The third-order valence-electron chi connectivity index (χ3n) is 1.19. The Morgan fingerprint density at radius 3 is 2.64 bits per heavy atom. The van der Waals surface area contributed by atoms with Crippen LogP contribution < -0.4 is 5.32 Å². The molecule has 0 spiro atoms. The summed E-state index contributed by atoms with van der Waals surface area (Å²) in [5.74, 6) is 0.377. The van der Waals surface area contributed by atoms with Crippen LogP contribution in [0.5, 0.6) is 0 Å². The van der Waals surface area contributed by atoms with Gasteiger partial charge in [-0.05, 0) is 20.8 Å². The lowest BCUT2D eigenvalue weighted by Gasteiger charge is -2.19. The fourth-order valence-electron chi connectivity index (χ4n) is 0.772. The highest BCUT2D eigenvalue weighted by Gasteiger charge is 2.16. The molecule has 14 heavy (non-hydrogen) atoms. The van der Waals surface area contributed by atoms with Gasteiger partial charge in [0.15, 0.2) is 5.82 Å². The molecule has 0 saturated heterocycles. The zero-order valence-electron chi connectivity index (χ0n) is 8.44. The number of hydrogen-bond acceptors (Lipinski definition) is 4. The molecule has 1 N–H and O–H groups in total. The summed E-state index contributed by atoms with van der Waals surface area (Å²) in [6.45, 7) is 5.38. The minimum Gasteiger partial charge on any atom is -0.444 e. The van der Waals surface area contributed by atoms with E-state index in [-0.39, 0.29) is 0 Å². The largest absolute Gasteiger partial charge is 0.444 e. The Bertz CT molecular complexity index is 306. The SMILES string of the molecule is CC(C)(C)OC(=O)Nc1cnccn1. The molecule has 0 aliphatic rings. The van der Waals surface area contributed by atoms with Crippen LogP contribution in [0, 0.1) is 0 Å². The Balaban J connectivity index is 2.50. The monoisotopic (exact) mass is 195 g/mol. The molecule has 0 unspecified atom stereocenters. The number of nitrogens with one attached hydrogen (secondary N) is 1. The van der Waals surface area contributed by atoms with Gasteiger partial charge in [-0.2, -0.15) is 0 Å². The van der Waals surface area contributed by atoms with Crippen LogP contribution in [0.2, 0.25) is 0 Å². The highest BCUT2D eigenvalue weighted by Crippen LogP contribution is 2.08. The number of aromatic nitrogens is 2. The van der Waals surface area contributed by atoms with Gasteiger partial charge in [0.2, 0.25) is 0 Å². The molecule has 0 radical (unpaired) electrons. The topological polar surface area (TPSA) is 64.1 Å². The van der Waals surface area contributed by atoms with Crippen molar-refractivity contribution in [2.24, 2.45) is 0 Å². The first kappa shape index (κ1) is 10.4. The van der Waals surface area contributed by atoms with E-state index >= 15 is 0 Å². The predicted molar refractivity (Wildman–Crippen MR) is 51.9 cm³/mol. The van der Waals surface area contributed by atoms with E-state index in [2.05, 4.69) is 15.3 Å². The lowest BCUT2D eigenvalue weighted by atomic mass is 10.2. The van der Waals surface area contributed by atoms with Crippen LogP contribution in [-0.2, 0) is 4.74 Å². The number of ether oxygens (including phenoxy) is 1. The number of nitrogens with zero attached hydrogens (tertiary/aromatic N) is 2. The summed E-state index contributed by atoms with van der Waals surface area (Å²) in [5.41, 5.74) is -0.508. The quantitative estimate of drug-likeness (QED) is 0.742. The van der Waals surface area contributed by atoms with Crippen molar-refractivity contribution in [1.29, 1.82) is 0 Å². The molecule has 0 fully saturated rings. The minimum atomic E-state index is -0.530. The average Bonchev–Trinajstić information content (AvgIpc) is 2.02. The van der Waals surface area contributed by atoms with Gasteiger partial charge in [0, 0.05) is 12.4 Å². The first-order chi connectivity index (χ1) is 6.47. The van der Waals surface area contributed by atoms with Crippen LogP contribution in [0.25, 0.3) is 0 Å². The van der Waals surface area contributed by atoms with Crippen molar-refractivity contribution in [3.05, 3.63) is 18.6 Å². The first-order valence-electron chi connectivity index (χ1n) is 4.23. The zero-order chi connectivity index (χ0) is 10.6. The van der Waals surface area contributed by atoms with E-state index in [0.29, 0.717) is 5.82 Å². The van der Waals surface area contributed by atoms with Gasteiger partial charge in [-0.1, -0.05) is 0 Å². The summed E-state index contributed by atoms with van der Waals surface area (Å²) in [7, 11) is 0. The molecule has 1 heterocycles. The molecule has 0 bridgehead atoms. The van der Waals surface area contributed by atoms with Crippen molar-refractivity contribution < 1.29 is 9.53 Å². The number of rotatable bonds is 1. The first-order valence-corrected chi connectivity index (χ1v) is 4.23. The molecule has 76 valence electrons. The van der Waals surface area contributed by atoms with Gasteiger partial charge in [0.05, 0.1) is 6.20 Å². The summed E-state index contributed by atoms with van der Waals surface area (Å²) in [6, 6.07) is 0. The summed E-state index contributed by atoms with van der Waals surface area (Å²) in [6.07, 6.45) is 3.94. The molecule has 0 atom stereocenters. The summed E-state index contributed by atoms with van der Waals surface area (Å²) >= 11 is 0. The highest BCUT2D eigenvalue weighted by molar-refractivity contribution is 5.83. The number of hydrogen-bond donors (Lipinski definition) is 1. The molecule has 0 aromatic carbocycles. The van der Waals surface area contributed by atoms with Crippen LogP contribution in [0.1, 0.15) is 20.8 Å². The third kappa shape index (κ3) is 3.84. The minimum absolute atomic E-state index is 0.377. The van der Waals surface area contributed by atoms with Crippen LogP contribution >= 0.6 is 0 Å². The van der Waals surface area contributed by atoms with Gasteiger partial charge in [-0.15, -0.1) is 0 Å². The summed E-state index contributed by atoms with van der Waals surface area (Å²) in [5, 5.41) is 2.46. The maximum atomic E-state index is 11.2. The van der Waals surface area contributed by atoms with E-state index < -0.39 is 11.7 Å². The smallest absolute Gasteiger partial charge is 0.413 e. The van der Waals surface area contributed by atoms with Crippen LogP contribution in [0.15, 0.2) is 18.6 Å². The van der Waals surface area contributed by atoms with Crippen LogP contribution in [-0.4, -0.2) is 21.7 Å². The molecular formula is C9H13N3O2. The second kappa shape index (κ2) is 4.04. The Labute approximate surface area is 82.5 Å². The van der Waals surface area contributed by atoms with E-state index in [4.69, 9.17) is 4.74 Å². The fourth-order valence-corrected chi connectivity index (χ4v) is 0.772. The molecule has 1 aromatic rings. The Kier molecular flexibility index (Phi) is 3.01. The molecule has 5 heteroatoms. The van der Waals surface area contributed by atoms with Gasteiger partial charge in [-0.3, -0.25) is 10.3 Å². The molecule has 0 aliphatic carbocycles. The van der Waals surface area contributed by atoms with Gasteiger partial charge in [-0.25, -0.2) is 9.78 Å². The molecule has 1 amide bonds. The van der Waals surface area contributed by atoms with E-state index in [1.54, 1.807) is 20.8 Å². The van der Waals surface area contributed by atoms with Crippen molar-refractivity contribution in [3.63, 3.8) is 0 Å². The highest BCUT2D eigenvalue weighted by atomic mass is 16.6. The van der Waals surface area contributed by atoms with Crippen molar-refractivity contribution in [2.75, 3.05) is 5.32 Å². The second-order valence-electron chi connectivity index (χ2n) is 3.72.